The van der Waals surface area contributed by atoms with Crippen molar-refractivity contribution in [3.05, 3.63) is 24.3 Å². The van der Waals surface area contributed by atoms with Crippen LogP contribution in [0, 0.1) is 0 Å². The second-order valence-electron chi connectivity index (χ2n) is 6.21. The van der Waals surface area contributed by atoms with Crippen LogP contribution in [0.15, 0.2) is 28.6 Å². The van der Waals surface area contributed by atoms with Crippen molar-refractivity contribution in [2.24, 2.45) is 0 Å². The number of thioether (sulfide) groups is 1. The summed E-state index contributed by atoms with van der Waals surface area (Å²) >= 11 is 2.80. The Morgan fingerprint density at radius 1 is 1.36 bits per heavy atom. The molecule has 0 aliphatic heterocycles. The van der Waals surface area contributed by atoms with Gasteiger partial charge in [-0.3, -0.25) is 14.4 Å². The number of aromatic nitrogens is 2. The van der Waals surface area contributed by atoms with Crippen LogP contribution in [-0.4, -0.2) is 49.2 Å². The van der Waals surface area contributed by atoms with Gasteiger partial charge in [0.1, 0.15) is 11.8 Å². The molecule has 8 nitrogen and oxygen atoms in total. The van der Waals surface area contributed by atoms with E-state index in [0.29, 0.717) is 21.8 Å². The lowest BCUT2D eigenvalue weighted by atomic mass is 10.2. The number of hydrogen-bond acceptors (Lipinski definition) is 8. The molecule has 0 saturated heterocycles. The number of ether oxygens (including phenoxy) is 1. The van der Waals surface area contributed by atoms with Crippen molar-refractivity contribution in [2.75, 3.05) is 23.0 Å². The number of rotatable bonds is 9. The summed E-state index contributed by atoms with van der Waals surface area (Å²) in [5, 5.41) is 11.4. The monoisotopic (exact) mass is 444 g/mol. The zero-order chi connectivity index (χ0) is 20.9. The molecule has 1 amide bonds. The van der Waals surface area contributed by atoms with Gasteiger partial charge in [-0.1, -0.05) is 49.9 Å². The normalized spacial score (nSPS) is 12.6. The molecule has 0 spiro atoms. The van der Waals surface area contributed by atoms with Crippen LogP contribution in [0.25, 0.3) is 0 Å². The molecule has 0 aliphatic rings. The minimum Gasteiger partial charge on any atom is -0.497 e. The Bertz CT molecular complexity index is 915. The lowest BCUT2D eigenvalue weighted by Gasteiger charge is -2.29. The lowest BCUT2D eigenvalue weighted by Crippen LogP contribution is -2.47. The fourth-order valence-electron chi connectivity index (χ4n) is 2.51. The van der Waals surface area contributed by atoms with Crippen LogP contribution in [0.4, 0.5) is 10.8 Å². The van der Waals surface area contributed by atoms with Gasteiger partial charge in [-0.15, -0.1) is 10.2 Å². The summed E-state index contributed by atoms with van der Waals surface area (Å²) in [5.41, 5.74) is 0.358. The summed E-state index contributed by atoms with van der Waals surface area (Å²) < 4.78 is 32.0. The van der Waals surface area contributed by atoms with Gasteiger partial charge in [0.05, 0.1) is 19.1 Å². The first kappa shape index (κ1) is 22.4. The Morgan fingerprint density at radius 2 is 2.07 bits per heavy atom. The predicted molar refractivity (Wildman–Crippen MR) is 114 cm³/mol. The highest BCUT2D eigenvalue weighted by Gasteiger charge is 2.32. The average Bonchev–Trinajstić information content (AvgIpc) is 3.04. The number of benzene rings is 1. The summed E-state index contributed by atoms with van der Waals surface area (Å²) in [5.74, 6) is 0.0360. The third-order valence-corrected chi connectivity index (χ3v) is 6.72. The van der Waals surface area contributed by atoms with Crippen molar-refractivity contribution in [3.63, 3.8) is 0 Å². The SMILES string of the molecule is CCC(C(=O)Nc1nnc(SC(C)C)s1)N(c1cccc(OC)c1)S(C)(=O)=O. The van der Waals surface area contributed by atoms with Crippen molar-refractivity contribution in [1.29, 1.82) is 0 Å². The molecule has 2 rings (SSSR count). The lowest BCUT2D eigenvalue weighted by molar-refractivity contribution is -0.117. The third-order valence-electron chi connectivity index (χ3n) is 3.61. The number of nitrogens with one attached hydrogen (secondary N) is 1. The van der Waals surface area contributed by atoms with Crippen LogP contribution in [-0.2, 0) is 14.8 Å². The Morgan fingerprint density at radius 3 is 2.64 bits per heavy atom. The molecule has 1 unspecified atom stereocenters. The molecular formula is C17H24N4O4S3. The number of nitrogens with zero attached hydrogens (tertiary/aromatic N) is 3. The number of methoxy groups -OCH3 is 1. The molecule has 0 radical (unpaired) electrons. The van der Waals surface area contributed by atoms with Gasteiger partial charge in [0.2, 0.25) is 21.1 Å². The van der Waals surface area contributed by atoms with Crippen LogP contribution in [0.2, 0.25) is 0 Å². The molecule has 2 aromatic rings. The van der Waals surface area contributed by atoms with Gasteiger partial charge in [-0.2, -0.15) is 0 Å². The molecule has 0 fully saturated rings. The third kappa shape index (κ3) is 5.82. The Labute approximate surface area is 173 Å². The van der Waals surface area contributed by atoms with E-state index < -0.39 is 22.0 Å². The first-order chi connectivity index (χ1) is 13.2. The highest BCUT2D eigenvalue weighted by atomic mass is 32.2. The van der Waals surface area contributed by atoms with Crippen LogP contribution in [0.5, 0.6) is 5.75 Å². The molecule has 1 heterocycles. The van der Waals surface area contributed by atoms with E-state index >= 15 is 0 Å². The highest BCUT2D eigenvalue weighted by molar-refractivity contribution is 8.01. The number of carbonyl (C=O) groups is 1. The smallest absolute Gasteiger partial charge is 0.250 e. The van der Waals surface area contributed by atoms with Gasteiger partial charge in [-0.05, 0) is 18.6 Å². The predicted octanol–water partition coefficient (Wildman–Crippen LogP) is 3.23. The number of anilines is 2. The van der Waals surface area contributed by atoms with Gasteiger partial charge in [0, 0.05) is 11.3 Å². The molecule has 154 valence electrons. The van der Waals surface area contributed by atoms with Gasteiger partial charge in [-0.25, -0.2) is 8.42 Å². The maximum atomic E-state index is 12.9. The van der Waals surface area contributed by atoms with Crippen LogP contribution >= 0.6 is 23.1 Å². The molecule has 1 aromatic carbocycles. The minimum absolute atomic E-state index is 0.280. The molecule has 1 aromatic heterocycles. The summed E-state index contributed by atoms with van der Waals surface area (Å²) in [7, 11) is -2.23. The standard InChI is InChI=1S/C17H24N4O4S3/c1-6-14(15(22)18-16-19-20-17(27-16)26-11(2)3)21(28(5,23)24)12-8-7-9-13(10-12)25-4/h7-11,14H,6H2,1-5H3,(H,18,19,22). The van der Waals surface area contributed by atoms with E-state index in [1.165, 1.54) is 18.4 Å². The highest BCUT2D eigenvalue weighted by Crippen LogP contribution is 2.30. The van der Waals surface area contributed by atoms with E-state index in [1.54, 1.807) is 43.0 Å². The molecule has 0 bridgehead atoms. The van der Waals surface area contributed by atoms with Gasteiger partial charge < -0.3 is 4.74 Å². The van der Waals surface area contributed by atoms with Crippen LogP contribution < -0.4 is 14.4 Å². The van der Waals surface area contributed by atoms with E-state index in [0.717, 1.165) is 14.9 Å². The van der Waals surface area contributed by atoms with Gasteiger partial charge in [0.15, 0.2) is 4.34 Å². The van der Waals surface area contributed by atoms with Crippen molar-refractivity contribution in [1.82, 2.24) is 10.2 Å². The molecular weight excluding hydrogens is 420 g/mol. The molecule has 1 atom stereocenters. The summed E-state index contributed by atoms with van der Waals surface area (Å²) in [4.78, 5) is 12.9. The fourth-order valence-corrected chi connectivity index (χ4v) is 5.69. The largest absolute Gasteiger partial charge is 0.497 e. The van der Waals surface area contributed by atoms with E-state index in [2.05, 4.69) is 15.5 Å². The minimum atomic E-state index is -3.72. The Hall–Kier alpha value is -1.85. The first-order valence-electron chi connectivity index (χ1n) is 8.60. The molecule has 0 saturated carbocycles. The zero-order valence-electron chi connectivity index (χ0n) is 16.4. The second kappa shape index (κ2) is 9.57. The van der Waals surface area contributed by atoms with Gasteiger partial charge >= 0.3 is 0 Å². The number of hydrogen-bond donors (Lipinski definition) is 1. The maximum Gasteiger partial charge on any atom is 0.250 e. The topological polar surface area (TPSA) is 101 Å². The summed E-state index contributed by atoms with van der Waals surface area (Å²) in [6.07, 6.45) is 1.35. The molecule has 1 N–H and O–H groups in total. The molecule has 0 aliphatic carbocycles. The maximum absolute atomic E-state index is 12.9. The molecule has 28 heavy (non-hydrogen) atoms. The van der Waals surface area contributed by atoms with E-state index in [4.69, 9.17) is 4.74 Å². The second-order valence-corrected chi connectivity index (χ2v) is 10.9. The van der Waals surface area contributed by atoms with Gasteiger partial charge in [0.25, 0.3) is 0 Å². The Balaban J connectivity index is 2.30. The van der Waals surface area contributed by atoms with E-state index in [-0.39, 0.29) is 6.42 Å². The number of amides is 1. The summed E-state index contributed by atoms with van der Waals surface area (Å²) in [6.45, 7) is 5.83. The number of sulfonamides is 1. The van der Waals surface area contributed by atoms with Crippen molar-refractivity contribution in [3.8, 4) is 5.75 Å². The average molecular weight is 445 g/mol. The van der Waals surface area contributed by atoms with E-state index in [1.807, 2.05) is 13.8 Å². The number of carbonyl (C=O) groups excluding carboxylic acids is 1. The molecule has 11 heteroatoms. The van der Waals surface area contributed by atoms with Crippen molar-refractivity contribution in [2.45, 2.75) is 42.8 Å². The van der Waals surface area contributed by atoms with E-state index in [9.17, 15) is 13.2 Å². The van der Waals surface area contributed by atoms with Crippen LogP contribution in [0.3, 0.4) is 0 Å². The quantitative estimate of drug-likeness (QED) is 0.468. The Kier molecular flexibility index (Phi) is 7.67. The fraction of sp³-hybridized carbons (Fsp3) is 0.471. The van der Waals surface area contributed by atoms with Crippen molar-refractivity contribution >= 4 is 49.8 Å². The first-order valence-corrected chi connectivity index (χ1v) is 12.1. The van der Waals surface area contributed by atoms with Crippen LogP contribution in [0.1, 0.15) is 27.2 Å². The summed E-state index contributed by atoms with van der Waals surface area (Å²) in [6, 6.07) is 5.66. The van der Waals surface area contributed by atoms with Crippen molar-refractivity contribution < 1.29 is 17.9 Å². The zero-order valence-corrected chi connectivity index (χ0v) is 18.8.